The van der Waals surface area contributed by atoms with Crippen LogP contribution < -0.4 is 60.3 Å². The topological polar surface area (TPSA) is 400 Å². The van der Waals surface area contributed by atoms with Gasteiger partial charge in [0.15, 0.2) is 0 Å². The van der Waals surface area contributed by atoms with Crippen molar-refractivity contribution in [3.8, 4) is 0 Å². The Labute approximate surface area is 813 Å². The highest BCUT2D eigenvalue weighted by molar-refractivity contribution is 14.0. The predicted molar refractivity (Wildman–Crippen MR) is 482 cm³/mol. The number of hydrogen-bond acceptors (Lipinski definition) is 27. The van der Waals surface area contributed by atoms with Gasteiger partial charge in [-0.05, 0) is 88.2 Å². The molecule has 2 bridgehead atoms. The third-order valence-electron chi connectivity index (χ3n) is 25.3. The van der Waals surface area contributed by atoms with Crippen LogP contribution in [0.5, 0.6) is 0 Å². The van der Waals surface area contributed by atoms with Gasteiger partial charge in [-0.1, -0.05) is 40.5 Å². The summed E-state index contributed by atoms with van der Waals surface area (Å²) in [5.41, 5.74) is 3.44. The van der Waals surface area contributed by atoms with Gasteiger partial charge in [-0.15, -0.1) is 24.0 Å². The largest absolute Gasteiger partial charge is 1.00 e. The van der Waals surface area contributed by atoms with E-state index in [4.69, 9.17) is 90.4 Å². The molecule has 47 heteroatoms. The number of nitrogens with one attached hydrogen (secondary N) is 1. The molecule has 0 unspecified atom stereocenters. The summed E-state index contributed by atoms with van der Waals surface area (Å²) in [6, 6.07) is 0. The van der Waals surface area contributed by atoms with Crippen molar-refractivity contribution in [3.63, 3.8) is 0 Å². The second kappa shape index (κ2) is 79.0. The number of alkyl halides is 9. The minimum absolute atomic E-state index is 0. The van der Waals surface area contributed by atoms with Crippen molar-refractivity contribution in [2.45, 2.75) is 106 Å². The van der Waals surface area contributed by atoms with Crippen LogP contribution in [0, 0.1) is 0 Å². The van der Waals surface area contributed by atoms with Gasteiger partial charge in [-0.3, -0.25) is 34.3 Å². The lowest BCUT2D eigenvalue weighted by Crippen LogP contribution is -3.00. The lowest BCUT2D eigenvalue weighted by Gasteiger charge is -2.50. The fourth-order valence-corrected chi connectivity index (χ4v) is 14.7. The smallest absolute Gasteiger partial charge is 0.430 e. The maximum atomic E-state index is 10.5. The lowest BCUT2D eigenvalue weighted by atomic mass is 10.1. The molecule has 0 radical (unpaired) electrons. The summed E-state index contributed by atoms with van der Waals surface area (Å²) in [5.74, 6) is -10.1. The van der Waals surface area contributed by atoms with Crippen LogP contribution in [0.2, 0.25) is 0 Å². The molecule has 35 nitrogen and oxygen atoms in total. The number of aliphatic hydroxyl groups excluding tert-OH is 8. The Hall–Kier alpha value is -2.78. The Bertz CT molecular complexity index is 2470. The van der Waals surface area contributed by atoms with Gasteiger partial charge in [0.25, 0.3) is 0 Å². The fourth-order valence-electron chi connectivity index (χ4n) is 14.7. The summed E-state index contributed by atoms with van der Waals surface area (Å²) in [5, 5.41) is 117. The number of quaternary nitrogens is 8. The number of hydrazine groups is 1. The number of carbonyl (C=O) groups excluding carboxylic acids is 5. The number of carboxylic acid groups (broad SMARTS) is 5. The van der Waals surface area contributed by atoms with Crippen molar-refractivity contribution in [1.29, 1.82) is 0 Å². The first-order valence-electron chi connectivity index (χ1n) is 45.6. The third kappa shape index (κ3) is 74.0. The van der Waals surface area contributed by atoms with Crippen LogP contribution in [-0.4, -0.2) is 583 Å². The molecule has 9 aliphatic heterocycles. The minimum atomic E-state index is -5.19. The van der Waals surface area contributed by atoms with Crippen LogP contribution in [0.25, 0.3) is 0 Å². The molecule has 0 aliphatic carbocycles. The van der Waals surface area contributed by atoms with E-state index in [1.807, 2.05) is 0 Å². The van der Waals surface area contributed by atoms with Crippen LogP contribution >= 0.6 is 24.0 Å². The van der Waals surface area contributed by atoms with E-state index in [9.17, 15) is 39.5 Å². The van der Waals surface area contributed by atoms with Crippen LogP contribution in [-0.2, 0) is 24.0 Å². The maximum absolute atomic E-state index is 10.5. The van der Waals surface area contributed by atoms with E-state index < -0.39 is 48.9 Å². The zero-order valence-corrected chi connectivity index (χ0v) is 87.4. The number of nitrogens with zero attached hydrogens (tertiary/aromatic N) is 16. The summed E-state index contributed by atoms with van der Waals surface area (Å²) in [6.07, 6.45) is -8.10. The van der Waals surface area contributed by atoms with Gasteiger partial charge >= 0.3 is 18.5 Å². The van der Waals surface area contributed by atoms with Crippen molar-refractivity contribution >= 4 is 54.3 Å². The second-order valence-corrected chi connectivity index (χ2v) is 36.0. The number of likely N-dealkylation sites (N-methyl/N-ethyl adjacent to an activating group) is 11. The molecule has 0 aromatic rings. The minimum Gasteiger partial charge on any atom is -1.00 e. The molecule has 9 saturated heterocycles. The Morgan fingerprint density at radius 2 is 0.641 bits per heavy atom. The summed E-state index contributed by atoms with van der Waals surface area (Å²) in [7, 11) is 21.9. The van der Waals surface area contributed by atoms with Crippen LogP contribution in [0.3, 0.4) is 0 Å². The van der Waals surface area contributed by atoms with Gasteiger partial charge in [0, 0.05) is 130 Å². The SMILES string of the molecule is CC(=O)[O-].CCCCN1CC[N+](CCCC)(CCCCO)CC1.CCN(CC)NC[N+](CC)(CC)CCO.CN1CC[N+](C)(CCO)CC1.CN1CC[N+](C)(CCO)CC1.CN1CC[N+](C)(CCO)CC1.CN1CC[N+](C)(CCO)CC1.CN1CC[N+](C)(CCO)CC1.I.O=C([O-])C(F)(F)F.O=C([O-])C(F)(F)F.O=C([O-])C(F)(F)F.O=C[O-].OCC[N+]12CCN(CC1)CC2.[Br-].[Cl-]. The Kier molecular flexibility index (Phi) is 86.5. The molecule has 0 atom stereocenters. The molecule has 131 heavy (non-hydrogen) atoms. The summed E-state index contributed by atoms with van der Waals surface area (Å²) >= 11 is 0. The number of hydrogen-bond donors (Lipinski definition) is 9. The Morgan fingerprint density at radius 1 is 0.397 bits per heavy atom. The number of piperazine rings is 9. The van der Waals surface area contributed by atoms with Gasteiger partial charge < -0.3 is 156 Å². The standard InChI is InChI=1S/C16H35N2O.C11H28N3O.C8H17N2O.5C8H19N2O.3C2HF3O2.C2H4O2.CH2O2.BrH.ClH.HI/c1-3-5-9-17-10-14-18(15-11-17,12-6-4-2)13-7-8-16-19;1-5-13(6-2)12-11-14(7-3,8-4)9-10-15;11-8-7-10-4-1-9(2-5-10)3-6-10;5*1-9-3-5-10(2,6-4-9)7-8-11;3*3-2(4,5)1(6)7;1-2(3)4;2-1-3;;;/h19H,3-16H2,1-2H3;12,15H,5-11H2,1-4H3;11H,1-8H2;5*11H,3-8H2,1-2H3;3*(H,6,7);1H3,(H,3,4);1H,(H,2,3);3*1H/q8*+1;;;;;;;;/p-7. The molecule has 0 saturated carbocycles. The molecular formula is C84H180BrClF9IN17O18+. The molecule has 9 aliphatic rings. The lowest BCUT2D eigenvalue weighted by molar-refractivity contribution is -0.941. The number of rotatable bonds is 31. The van der Waals surface area contributed by atoms with Crippen molar-refractivity contribution in [2.24, 2.45) is 0 Å². The van der Waals surface area contributed by atoms with Gasteiger partial charge in [0.05, 0.1) is 206 Å². The average molecular weight is 2130 g/mol. The molecule has 0 aromatic heterocycles. The molecule has 9 heterocycles. The second-order valence-electron chi connectivity index (χ2n) is 36.0. The monoisotopic (exact) mass is 2130 g/mol. The first-order chi connectivity index (χ1) is 59.6. The van der Waals surface area contributed by atoms with Crippen molar-refractivity contribution in [3.05, 3.63) is 0 Å². The van der Waals surface area contributed by atoms with E-state index >= 15 is 0 Å². The van der Waals surface area contributed by atoms with Gasteiger partial charge in [0.1, 0.15) is 70.4 Å². The molecule has 9 rings (SSSR count). The van der Waals surface area contributed by atoms with Crippen LogP contribution in [0.1, 0.15) is 87.0 Å². The molecule has 792 valence electrons. The molecule has 0 amide bonds. The maximum Gasteiger partial charge on any atom is 0.430 e. The number of halogens is 12. The predicted octanol–water partition coefficient (Wildman–Crippen LogP) is -11.2. The highest BCUT2D eigenvalue weighted by Gasteiger charge is 2.39. The van der Waals surface area contributed by atoms with Gasteiger partial charge in [-0.2, -0.15) is 39.5 Å². The van der Waals surface area contributed by atoms with E-state index in [0.717, 1.165) is 184 Å². The Balaban J connectivity index is -0.000000212. The molecular weight excluding hydrogens is 1950 g/mol. The quantitative estimate of drug-likeness (QED) is 0.00592. The third-order valence-corrected chi connectivity index (χ3v) is 25.3. The summed E-state index contributed by atoms with van der Waals surface area (Å²) in [6.45, 7) is 67.8. The summed E-state index contributed by atoms with van der Waals surface area (Å²) in [4.78, 5) is 60.4. The van der Waals surface area contributed by atoms with Crippen LogP contribution in [0.15, 0.2) is 0 Å². The number of fused-ring (bicyclic) bond motifs is 3. The first-order valence-corrected chi connectivity index (χ1v) is 45.6. The van der Waals surface area contributed by atoms with Crippen LogP contribution in [0.4, 0.5) is 39.5 Å². The summed E-state index contributed by atoms with van der Waals surface area (Å²) < 4.78 is 103. The molecule has 0 spiro atoms. The average Bonchev–Trinajstić information content (AvgIpc) is 0.809. The first kappa shape index (κ1) is 144. The molecule has 9 N–H and O–H groups in total. The van der Waals surface area contributed by atoms with E-state index in [1.54, 1.807) is 0 Å². The normalized spacial score (nSPS) is 20.6. The van der Waals surface area contributed by atoms with E-state index in [0.29, 0.717) is 46.2 Å². The number of carboxylic acids is 4. The highest BCUT2D eigenvalue weighted by atomic mass is 127. The number of aliphatic hydroxyl groups is 8. The zero-order valence-electron chi connectivity index (χ0n) is 82.7. The van der Waals surface area contributed by atoms with Gasteiger partial charge in [-0.25, -0.2) is 10.4 Å². The van der Waals surface area contributed by atoms with Gasteiger partial charge in [0.2, 0.25) is 0 Å². The number of carbonyl (C=O) groups is 5. The van der Waals surface area contributed by atoms with Crippen molar-refractivity contribution in [2.75, 3.05) is 418 Å². The zero-order chi connectivity index (χ0) is 99.6. The van der Waals surface area contributed by atoms with E-state index in [1.165, 1.54) is 192 Å². The number of unbranched alkanes of at least 4 members (excludes halogenated alkanes) is 3. The molecule has 0 aromatic carbocycles. The number of aliphatic carboxylic acids is 4. The van der Waals surface area contributed by atoms with E-state index in [2.05, 4.69) is 157 Å². The van der Waals surface area contributed by atoms with E-state index in [-0.39, 0.29) is 60.0 Å². The fraction of sp³-hybridized carbons (Fsp3) is 0.940. The van der Waals surface area contributed by atoms with Crippen molar-refractivity contribution < 1.29 is 195 Å². The highest BCUT2D eigenvalue weighted by Crippen LogP contribution is 2.21. The van der Waals surface area contributed by atoms with Crippen molar-refractivity contribution in [1.82, 2.24) is 44.7 Å². The molecule has 9 fully saturated rings. The Morgan fingerprint density at radius 3 is 0.840 bits per heavy atom.